The molecule has 0 bridgehead atoms. The molecule has 0 radical (unpaired) electrons. The third-order valence-electron chi connectivity index (χ3n) is 1.67. The maximum atomic E-state index is 12.7. The molecule has 1 rings (SSSR count). The van der Waals surface area contributed by atoms with E-state index in [1.165, 1.54) is 0 Å². The Morgan fingerprint density at radius 2 is 1.79 bits per heavy atom. The first-order chi connectivity index (χ1) is 5.95. The third kappa shape index (κ3) is 3.63. The van der Waals surface area contributed by atoms with Gasteiger partial charge in [0.25, 0.3) is 0 Å². The molecule has 0 aromatic heterocycles. The molecule has 14 heavy (non-hydrogen) atoms. The van der Waals surface area contributed by atoms with E-state index >= 15 is 0 Å². The van der Waals surface area contributed by atoms with Gasteiger partial charge in [0.05, 0.1) is 0 Å². The maximum absolute atomic E-state index is 12.7. The van der Waals surface area contributed by atoms with E-state index in [1.807, 2.05) is 0 Å². The van der Waals surface area contributed by atoms with Gasteiger partial charge in [-0.1, -0.05) is 12.1 Å². The van der Waals surface area contributed by atoms with Crippen molar-refractivity contribution in [2.75, 3.05) is 0 Å². The Kier molecular flexibility index (Phi) is 5.86. The number of benzene rings is 1. The van der Waals surface area contributed by atoms with Crippen molar-refractivity contribution in [1.29, 1.82) is 0 Å². The van der Waals surface area contributed by atoms with Gasteiger partial charge in [-0.15, -0.1) is 5.46 Å². The van der Waals surface area contributed by atoms with Gasteiger partial charge < -0.3 is 18.7 Å². The number of hydrogen-bond donors (Lipinski definition) is 1. The molecule has 0 saturated carbocycles. The molecular weight excluding hydrogens is 224 g/mol. The van der Waals surface area contributed by atoms with Gasteiger partial charge >= 0.3 is 58.4 Å². The second kappa shape index (κ2) is 5.62. The van der Waals surface area contributed by atoms with Crippen LogP contribution < -0.4 is 62.6 Å². The van der Waals surface area contributed by atoms with Crippen LogP contribution in [-0.2, 0) is 6.54 Å². The van der Waals surface area contributed by atoms with Crippen LogP contribution in [0.15, 0.2) is 18.2 Å². The summed E-state index contributed by atoms with van der Waals surface area (Å²) in [6.45, 7) is -5.30. The summed E-state index contributed by atoms with van der Waals surface area (Å²) in [6.07, 6.45) is 0. The fraction of sp³-hybridized carbons (Fsp3) is 0.143. The second-order valence-corrected chi connectivity index (χ2v) is 2.63. The van der Waals surface area contributed by atoms with E-state index in [9.17, 15) is 17.3 Å². The Bertz CT molecular complexity index is 315. The molecule has 0 saturated heterocycles. The zero-order valence-electron chi connectivity index (χ0n) is 7.61. The smallest absolute Gasteiger partial charge is 0.445 e. The first-order valence-electron chi connectivity index (χ1n) is 3.63. The minimum Gasteiger partial charge on any atom is -0.445 e. The largest absolute Gasteiger partial charge is 1.00 e. The molecule has 1 aromatic carbocycles. The second-order valence-electron chi connectivity index (χ2n) is 2.63. The van der Waals surface area contributed by atoms with Crippen LogP contribution in [-0.4, -0.2) is 6.98 Å². The van der Waals surface area contributed by atoms with Crippen LogP contribution in [0.5, 0.6) is 0 Å². The van der Waals surface area contributed by atoms with Crippen molar-refractivity contribution < 1.29 is 68.7 Å². The Balaban J connectivity index is 0.00000169. The van der Waals surface area contributed by atoms with Gasteiger partial charge in [0.2, 0.25) is 0 Å². The molecule has 0 heterocycles. The van der Waals surface area contributed by atoms with Crippen LogP contribution in [0, 0.1) is 5.82 Å². The molecule has 0 aliphatic heterocycles. The van der Waals surface area contributed by atoms with E-state index in [0.717, 1.165) is 12.1 Å². The zero-order chi connectivity index (χ0) is 10.1. The summed E-state index contributed by atoms with van der Waals surface area (Å²) >= 11 is 0. The molecular formula is C7H7BF4KN. The predicted octanol–water partition coefficient (Wildman–Crippen LogP) is -1.66. The van der Waals surface area contributed by atoms with E-state index < -0.39 is 18.3 Å². The standard InChI is InChI=1S/C7H7BF4N.K/c9-7-2-1-6(8(10,11)12)3-5(7)4-13;/h1-3H,4,13H2;/q-1;+1. The quantitative estimate of drug-likeness (QED) is 0.478. The van der Waals surface area contributed by atoms with Gasteiger partial charge in [-0.3, -0.25) is 0 Å². The fourth-order valence-corrected chi connectivity index (χ4v) is 0.955. The van der Waals surface area contributed by atoms with Crippen molar-refractivity contribution in [3.05, 3.63) is 29.6 Å². The first kappa shape index (κ1) is 14.6. The summed E-state index contributed by atoms with van der Waals surface area (Å²) in [7, 11) is 0. The molecule has 0 amide bonds. The SMILES string of the molecule is NCc1cc([B-](F)(F)F)ccc1F.[K+]. The van der Waals surface area contributed by atoms with Crippen LogP contribution in [0.3, 0.4) is 0 Å². The predicted molar refractivity (Wildman–Crippen MR) is 43.0 cm³/mol. The Hall–Kier alpha value is 0.601. The van der Waals surface area contributed by atoms with Crippen molar-refractivity contribution in [2.45, 2.75) is 6.54 Å². The molecule has 0 aliphatic rings. The van der Waals surface area contributed by atoms with Crippen LogP contribution in [0.1, 0.15) is 5.56 Å². The van der Waals surface area contributed by atoms with E-state index in [1.54, 1.807) is 0 Å². The van der Waals surface area contributed by atoms with E-state index in [4.69, 9.17) is 5.73 Å². The van der Waals surface area contributed by atoms with E-state index in [0.29, 0.717) is 6.07 Å². The Labute approximate surface area is 122 Å². The van der Waals surface area contributed by atoms with Crippen molar-refractivity contribution in [2.24, 2.45) is 5.73 Å². The molecule has 1 nitrogen and oxygen atoms in total. The molecule has 2 N–H and O–H groups in total. The van der Waals surface area contributed by atoms with Gasteiger partial charge in [-0.2, -0.15) is 0 Å². The Morgan fingerprint density at radius 3 is 2.21 bits per heavy atom. The van der Waals surface area contributed by atoms with Crippen molar-refractivity contribution in [3.8, 4) is 0 Å². The number of rotatable bonds is 2. The molecule has 7 heteroatoms. The van der Waals surface area contributed by atoms with Crippen LogP contribution in [0.2, 0.25) is 0 Å². The molecule has 72 valence electrons. The van der Waals surface area contributed by atoms with Crippen LogP contribution in [0.25, 0.3) is 0 Å². The molecule has 0 atom stereocenters. The minimum absolute atomic E-state index is 0. The van der Waals surface area contributed by atoms with Crippen LogP contribution in [0.4, 0.5) is 17.3 Å². The number of halogens is 4. The molecule has 0 fully saturated rings. The minimum atomic E-state index is -5.07. The summed E-state index contributed by atoms with van der Waals surface area (Å²) in [5, 5.41) is 0. The normalized spacial score (nSPS) is 10.9. The first-order valence-corrected chi connectivity index (χ1v) is 3.63. The molecule has 0 spiro atoms. The molecule has 0 unspecified atom stereocenters. The summed E-state index contributed by atoms with van der Waals surface area (Å²) in [6, 6.07) is 2.25. The number of hydrogen-bond acceptors (Lipinski definition) is 1. The van der Waals surface area contributed by atoms with Gasteiger partial charge in [0.15, 0.2) is 0 Å². The van der Waals surface area contributed by atoms with Gasteiger partial charge in [-0.05, 0) is 11.6 Å². The average molecular weight is 231 g/mol. The van der Waals surface area contributed by atoms with Gasteiger partial charge in [0, 0.05) is 6.54 Å². The van der Waals surface area contributed by atoms with E-state index in [-0.39, 0.29) is 63.5 Å². The van der Waals surface area contributed by atoms with Gasteiger partial charge in [0.1, 0.15) is 5.82 Å². The number of nitrogens with two attached hydrogens (primary N) is 1. The molecule has 1 aromatic rings. The Morgan fingerprint density at radius 1 is 1.21 bits per heavy atom. The third-order valence-corrected chi connectivity index (χ3v) is 1.67. The van der Waals surface area contributed by atoms with Gasteiger partial charge in [-0.25, -0.2) is 4.39 Å². The topological polar surface area (TPSA) is 26.0 Å². The summed E-state index contributed by atoms with van der Waals surface area (Å²) in [4.78, 5) is 0. The van der Waals surface area contributed by atoms with Crippen LogP contribution >= 0.6 is 0 Å². The van der Waals surface area contributed by atoms with E-state index in [2.05, 4.69) is 0 Å². The molecule has 0 aliphatic carbocycles. The maximum Gasteiger partial charge on any atom is 1.00 e. The summed E-state index contributed by atoms with van der Waals surface area (Å²) in [5.74, 6) is -0.702. The summed E-state index contributed by atoms with van der Waals surface area (Å²) in [5.41, 5.74) is 4.13. The van der Waals surface area contributed by atoms with Crippen molar-refractivity contribution in [3.63, 3.8) is 0 Å². The summed E-state index contributed by atoms with van der Waals surface area (Å²) < 4.78 is 49.1. The monoisotopic (exact) mass is 231 g/mol. The zero-order valence-corrected chi connectivity index (χ0v) is 10.7. The fourth-order valence-electron chi connectivity index (χ4n) is 0.955. The van der Waals surface area contributed by atoms with Crippen molar-refractivity contribution >= 4 is 12.4 Å². The van der Waals surface area contributed by atoms with Crippen molar-refractivity contribution in [1.82, 2.24) is 0 Å². The average Bonchev–Trinajstić information content (AvgIpc) is 2.03.